The third-order valence-electron chi connectivity index (χ3n) is 6.69. The Labute approximate surface area is 165 Å². The summed E-state index contributed by atoms with van der Waals surface area (Å²) in [6, 6.07) is 10.2. The second-order valence-corrected chi connectivity index (χ2v) is 8.32. The molecule has 7 nitrogen and oxygen atoms in total. The van der Waals surface area contributed by atoms with Crippen molar-refractivity contribution in [3.05, 3.63) is 41.7 Å². The third-order valence-corrected chi connectivity index (χ3v) is 6.69. The minimum absolute atomic E-state index is 0.130. The molecule has 1 aromatic carbocycles. The monoisotopic (exact) mass is 380 g/mol. The first kappa shape index (κ1) is 17.7. The zero-order valence-electron chi connectivity index (χ0n) is 16.5. The average molecular weight is 380 g/mol. The normalized spacial score (nSPS) is 24.9. The Morgan fingerprint density at radius 1 is 1.07 bits per heavy atom. The van der Waals surface area contributed by atoms with Gasteiger partial charge in [0.25, 0.3) is 5.91 Å². The lowest BCUT2D eigenvalue weighted by Crippen LogP contribution is -2.54. The molecule has 2 unspecified atom stereocenters. The van der Waals surface area contributed by atoms with Crippen LogP contribution < -0.4 is 4.90 Å². The van der Waals surface area contributed by atoms with Crippen LogP contribution in [0.3, 0.4) is 0 Å². The smallest absolute Gasteiger partial charge is 0.253 e. The highest BCUT2D eigenvalue weighted by Gasteiger charge is 2.44. The van der Waals surface area contributed by atoms with Crippen LogP contribution in [0, 0.1) is 5.92 Å². The molecule has 1 aliphatic carbocycles. The first-order valence-corrected chi connectivity index (χ1v) is 10.4. The standard InChI is InChI=1S/C21H28N6O/c1-24-19(22-23-21(24)27-14-17-8-5-9-18(17)27)15-25-10-12-26(13-11-25)20(28)16-6-3-2-4-7-16/h2-4,6-7,17-18H,5,8-15H2,1H3. The fraction of sp³-hybridized carbons (Fsp3) is 0.571. The Morgan fingerprint density at radius 2 is 1.86 bits per heavy atom. The number of piperazine rings is 1. The van der Waals surface area contributed by atoms with Gasteiger partial charge >= 0.3 is 0 Å². The van der Waals surface area contributed by atoms with Crippen molar-refractivity contribution in [1.29, 1.82) is 0 Å². The fourth-order valence-electron chi connectivity index (χ4n) is 4.93. The Hall–Kier alpha value is -2.41. The maximum Gasteiger partial charge on any atom is 0.253 e. The zero-order chi connectivity index (χ0) is 19.1. The summed E-state index contributed by atoms with van der Waals surface area (Å²) in [6.07, 6.45) is 4.02. The number of fused-ring (bicyclic) bond motifs is 1. The van der Waals surface area contributed by atoms with Crippen LogP contribution >= 0.6 is 0 Å². The van der Waals surface area contributed by atoms with Crippen LogP contribution in [0.15, 0.2) is 30.3 Å². The molecule has 1 aromatic heterocycles. The maximum absolute atomic E-state index is 12.6. The zero-order valence-corrected chi connectivity index (χ0v) is 16.5. The van der Waals surface area contributed by atoms with Gasteiger partial charge in [0.1, 0.15) is 5.82 Å². The van der Waals surface area contributed by atoms with Crippen LogP contribution in [0.2, 0.25) is 0 Å². The van der Waals surface area contributed by atoms with Crippen molar-refractivity contribution >= 4 is 11.9 Å². The van der Waals surface area contributed by atoms with E-state index in [1.54, 1.807) is 0 Å². The van der Waals surface area contributed by atoms with Gasteiger partial charge in [0.15, 0.2) is 0 Å². The summed E-state index contributed by atoms with van der Waals surface area (Å²) < 4.78 is 2.16. The van der Waals surface area contributed by atoms with Crippen LogP contribution in [-0.4, -0.2) is 69.2 Å². The number of rotatable bonds is 4. The van der Waals surface area contributed by atoms with Crippen LogP contribution in [0.25, 0.3) is 0 Å². The quantitative estimate of drug-likeness (QED) is 0.809. The summed E-state index contributed by atoms with van der Waals surface area (Å²) in [5, 5.41) is 8.97. The van der Waals surface area contributed by atoms with Gasteiger partial charge in [0.05, 0.1) is 6.54 Å². The lowest BCUT2D eigenvalue weighted by molar-refractivity contribution is 0.0624. The predicted octanol–water partition coefficient (Wildman–Crippen LogP) is 1.76. The molecule has 7 heteroatoms. The number of carbonyl (C=O) groups is 1. The molecule has 2 aliphatic heterocycles. The van der Waals surface area contributed by atoms with Gasteiger partial charge in [0, 0.05) is 51.4 Å². The summed E-state index contributed by atoms with van der Waals surface area (Å²) >= 11 is 0. The molecule has 0 bridgehead atoms. The van der Waals surface area contributed by atoms with Crippen molar-refractivity contribution in [3.63, 3.8) is 0 Å². The molecule has 5 rings (SSSR count). The van der Waals surface area contributed by atoms with E-state index in [9.17, 15) is 4.79 Å². The molecule has 28 heavy (non-hydrogen) atoms. The van der Waals surface area contributed by atoms with E-state index in [-0.39, 0.29) is 5.91 Å². The summed E-state index contributed by atoms with van der Waals surface area (Å²) in [6.45, 7) is 5.18. The molecular formula is C21H28N6O. The molecule has 2 atom stereocenters. The Kier molecular flexibility index (Phi) is 4.55. The third kappa shape index (κ3) is 3.07. The van der Waals surface area contributed by atoms with Crippen molar-refractivity contribution in [2.24, 2.45) is 13.0 Å². The Bertz CT molecular complexity index is 842. The molecule has 148 valence electrons. The van der Waals surface area contributed by atoms with Gasteiger partial charge in [-0.15, -0.1) is 10.2 Å². The summed E-state index contributed by atoms with van der Waals surface area (Å²) in [7, 11) is 2.09. The number of amides is 1. The number of nitrogens with zero attached hydrogens (tertiary/aromatic N) is 6. The van der Waals surface area contributed by atoms with E-state index in [1.807, 2.05) is 35.2 Å². The van der Waals surface area contributed by atoms with Gasteiger partial charge in [0.2, 0.25) is 5.95 Å². The maximum atomic E-state index is 12.6. The van der Waals surface area contributed by atoms with E-state index in [2.05, 4.69) is 31.6 Å². The predicted molar refractivity (Wildman–Crippen MR) is 107 cm³/mol. The van der Waals surface area contributed by atoms with Crippen LogP contribution in [0.4, 0.5) is 5.95 Å². The lowest BCUT2D eigenvalue weighted by atomic mass is 9.92. The average Bonchev–Trinajstić information content (AvgIpc) is 3.26. The SMILES string of the molecule is Cn1c(CN2CCN(C(=O)c3ccccc3)CC2)nnc1N1CC2CCCC21. The molecule has 3 aliphatic rings. The molecule has 2 saturated heterocycles. The van der Waals surface area contributed by atoms with E-state index in [1.165, 1.54) is 19.3 Å². The Morgan fingerprint density at radius 3 is 2.61 bits per heavy atom. The van der Waals surface area contributed by atoms with E-state index in [4.69, 9.17) is 0 Å². The van der Waals surface area contributed by atoms with Crippen LogP contribution in [-0.2, 0) is 13.6 Å². The number of carbonyl (C=O) groups excluding carboxylic acids is 1. The van der Waals surface area contributed by atoms with Gasteiger partial charge in [-0.2, -0.15) is 0 Å². The van der Waals surface area contributed by atoms with Gasteiger partial charge < -0.3 is 9.80 Å². The topological polar surface area (TPSA) is 57.5 Å². The highest BCUT2D eigenvalue weighted by molar-refractivity contribution is 5.94. The molecule has 0 radical (unpaired) electrons. The number of anilines is 1. The highest BCUT2D eigenvalue weighted by Crippen LogP contribution is 2.41. The Balaban J connectivity index is 1.18. The summed E-state index contributed by atoms with van der Waals surface area (Å²) in [4.78, 5) is 19.4. The van der Waals surface area contributed by atoms with Crippen LogP contribution in [0.1, 0.15) is 35.4 Å². The van der Waals surface area contributed by atoms with E-state index < -0.39 is 0 Å². The molecule has 1 amide bonds. The molecule has 2 aromatic rings. The van der Waals surface area contributed by atoms with Crippen LogP contribution in [0.5, 0.6) is 0 Å². The molecular weight excluding hydrogens is 352 g/mol. The molecule has 0 spiro atoms. The van der Waals surface area contributed by atoms with Crippen molar-refractivity contribution in [2.45, 2.75) is 31.8 Å². The minimum Gasteiger partial charge on any atom is -0.337 e. The van der Waals surface area contributed by atoms with Crippen molar-refractivity contribution in [3.8, 4) is 0 Å². The first-order valence-electron chi connectivity index (χ1n) is 10.4. The van der Waals surface area contributed by atoms with E-state index in [0.717, 1.165) is 62.5 Å². The molecule has 3 heterocycles. The molecule has 1 saturated carbocycles. The minimum atomic E-state index is 0.130. The number of aromatic nitrogens is 3. The number of benzene rings is 1. The largest absolute Gasteiger partial charge is 0.337 e. The summed E-state index contributed by atoms with van der Waals surface area (Å²) in [5.74, 6) is 3.04. The fourth-order valence-corrected chi connectivity index (χ4v) is 4.93. The van der Waals surface area contributed by atoms with Gasteiger partial charge in [-0.1, -0.05) is 24.6 Å². The second kappa shape index (κ2) is 7.20. The first-order chi connectivity index (χ1) is 13.7. The number of hydrogen-bond acceptors (Lipinski definition) is 5. The van der Waals surface area contributed by atoms with Crippen molar-refractivity contribution in [1.82, 2.24) is 24.6 Å². The lowest BCUT2D eigenvalue weighted by Gasteiger charge is -2.44. The van der Waals surface area contributed by atoms with Crippen molar-refractivity contribution in [2.75, 3.05) is 37.6 Å². The van der Waals surface area contributed by atoms with Gasteiger partial charge in [-0.25, -0.2) is 0 Å². The molecule has 3 fully saturated rings. The van der Waals surface area contributed by atoms with Gasteiger partial charge in [-0.05, 0) is 30.9 Å². The second-order valence-electron chi connectivity index (χ2n) is 8.32. The van der Waals surface area contributed by atoms with Gasteiger partial charge in [-0.3, -0.25) is 14.3 Å². The number of hydrogen-bond donors (Lipinski definition) is 0. The highest BCUT2D eigenvalue weighted by atomic mass is 16.2. The van der Waals surface area contributed by atoms with E-state index >= 15 is 0 Å². The van der Waals surface area contributed by atoms with E-state index in [0.29, 0.717) is 6.04 Å². The summed E-state index contributed by atoms with van der Waals surface area (Å²) in [5.41, 5.74) is 0.772. The van der Waals surface area contributed by atoms with Crippen molar-refractivity contribution < 1.29 is 4.79 Å². The molecule has 0 N–H and O–H groups in total.